The molecule has 0 aliphatic rings. The van der Waals surface area contributed by atoms with E-state index in [0.717, 1.165) is 32.0 Å². The zero-order valence-corrected chi connectivity index (χ0v) is 18.6. The molecule has 2 rings (SSSR count). The fourth-order valence-corrected chi connectivity index (χ4v) is 2.88. The summed E-state index contributed by atoms with van der Waals surface area (Å²) in [5.74, 6) is 0.825. The van der Waals surface area contributed by atoms with Gasteiger partial charge in [-0.15, -0.1) is 24.0 Å². The Balaban J connectivity index is 0.00000338. The van der Waals surface area contributed by atoms with E-state index >= 15 is 0 Å². The second-order valence-corrected chi connectivity index (χ2v) is 6.41. The third-order valence-electron chi connectivity index (χ3n) is 4.22. The van der Waals surface area contributed by atoms with E-state index in [1.165, 1.54) is 22.3 Å². The van der Waals surface area contributed by atoms with Crippen LogP contribution in [0.15, 0.2) is 53.5 Å². The van der Waals surface area contributed by atoms with Crippen molar-refractivity contribution in [3.63, 3.8) is 0 Å². The van der Waals surface area contributed by atoms with Crippen molar-refractivity contribution in [3.8, 4) is 0 Å². The predicted octanol–water partition coefficient (Wildman–Crippen LogP) is 3.79. The van der Waals surface area contributed by atoms with E-state index in [1.54, 1.807) is 0 Å². The van der Waals surface area contributed by atoms with Crippen molar-refractivity contribution in [2.75, 3.05) is 21.1 Å². The van der Waals surface area contributed by atoms with Crippen LogP contribution in [-0.2, 0) is 26.1 Å². The van der Waals surface area contributed by atoms with E-state index in [2.05, 4.69) is 90.1 Å². The van der Waals surface area contributed by atoms with Gasteiger partial charge in [0.1, 0.15) is 0 Å². The lowest BCUT2D eigenvalue weighted by Gasteiger charge is -2.17. The first-order valence-electron chi connectivity index (χ1n) is 8.86. The number of nitrogens with zero attached hydrogens (tertiary/aromatic N) is 2. The van der Waals surface area contributed by atoms with Crippen LogP contribution in [0.2, 0.25) is 0 Å². The predicted molar refractivity (Wildman–Crippen MR) is 122 cm³/mol. The van der Waals surface area contributed by atoms with Crippen LogP contribution in [0.5, 0.6) is 0 Å². The van der Waals surface area contributed by atoms with Crippen LogP contribution in [0.1, 0.15) is 29.2 Å². The number of aryl methyl sites for hydroxylation is 1. The summed E-state index contributed by atoms with van der Waals surface area (Å²) in [4.78, 5) is 6.54. The lowest BCUT2D eigenvalue weighted by atomic mass is 10.1. The molecule has 5 heteroatoms. The van der Waals surface area contributed by atoms with Crippen LogP contribution in [0.4, 0.5) is 0 Å². The molecule has 26 heavy (non-hydrogen) atoms. The van der Waals surface area contributed by atoms with Crippen molar-refractivity contribution in [3.05, 3.63) is 70.8 Å². The first-order chi connectivity index (χ1) is 12.1. The van der Waals surface area contributed by atoms with Gasteiger partial charge in [0, 0.05) is 26.7 Å². The first kappa shape index (κ1) is 22.4. The third-order valence-corrected chi connectivity index (χ3v) is 4.22. The zero-order chi connectivity index (χ0) is 18.1. The summed E-state index contributed by atoms with van der Waals surface area (Å²) in [5.41, 5.74) is 5.34. The quantitative estimate of drug-likeness (QED) is 0.371. The Morgan fingerprint density at radius 3 is 1.77 bits per heavy atom. The van der Waals surface area contributed by atoms with Crippen LogP contribution in [-0.4, -0.2) is 32.0 Å². The number of hydrogen-bond donors (Lipinski definition) is 2. The second kappa shape index (κ2) is 11.9. The lowest BCUT2D eigenvalue weighted by molar-refractivity contribution is 0.400. The number of halogens is 1. The largest absolute Gasteiger partial charge is 0.352 e. The summed E-state index contributed by atoms with van der Waals surface area (Å²) < 4.78 is 0. The minimum absolute atomic E-state index is 0. The van der Waals surface area contributed by atoms with Crippen molar-refractivity contribution in [2.24, 2.45) is 4.99 Å². The molecule has 0 spiro atoms. The van der Waals surface area contributed by atoms with Crippen LogP contribution < -0.4 is 10.6 Å². The molecule has 2 aromatic rings. The van der Waals surface area contributed by atoms with Gasteiger partial charge in [-0.3, -0.25) is 4.99 Å². The molecule has 0 heterocycles. The van der Waals surface area contributed by atoms with Gasteiger partial charge in [0.25, 0.3) is 0 Å². The van der Waals surface area contributed by atoms with E-state index in [9.17, 15) is 0 Å². The SMILES string of the molecule is CCc1ccccc1CNC(=NC)NCc1ccccc1CN(C)C.I. The number of nitrogens with one attached hydrogen (secondary N) is 2. The summed E-state index contributed by atoms with van der Waals surface area (Å²) in [6.07, 6.45) is 1.04. The molecule has 0 amide bonds. The van der Waals surface area contributed by atoms with Crippen LogP contribution in [0.25, 0.3) is 0 Å². The van der Waals surface area contributed by atoms with Crippen LogP contribution in [0, 0.1) is 0 Å². The monoisotopic (exact) mass is 466 g/mol. The molecule has 142 valence electrons. The van der Waals surface area contributed by atoms with E-state index in [1.807, 2.05) is 7.05 Å². The van der Waals surface area contributed by atoms with Gasteiger partial charge in [-0.25, -0.2) is 0 Å². The Hall–Kier alpha value is -1.60. The fraction of sp³-hybridized carbons (Fsp3) is 0.381. The van der Waals surface area contributed by atoms with Gasteiger partial charge in [0.2, 0.25) is 0 Å². The average Bonchev–Trinajstić information content (AvgIpc) is 2.63. The third kappa shape index (κ3) is 6.96. The Morgan fingerprint density at radius 2 is 1.31 bits per heavy atom. The summed E-state index contributed by atoms with van der Waals surface area (Å²) >= 11 is 0. The topological polar surface area (TPSA) is 39.7 Å². The molecular weight excluding hydrogens is 435 g/mol. The van der Waals surface area contributed by atoms with Crippen molar-refractivity contribution in [1.82, 2.24) is 15.5 Å². The minimum Gasteiger partial charge on any atom is -0.352 e. The number of aliphatic imine (C=N–C) groups is 1. The summed E-state index contributed by atoms with van der Waals surface area (Å²) in [5, 5.41) is 6.85. The molecule has 0 aliphatic carbocycles. The van der Waals surface area contributed by atoms with Crippen molar-refractivity contribution in [2.45, 2.75) is 33.0 Å². The van der Waals surface area contributed by atoms with Gasteiger partial charge >= 0.3 is 0 Å². The maximum Gasteiger partial charge on any atom is 0.191 e. The van der Waals surface area contributed by atoms with Crippen molar-refractivity contribution in [1.29, 1.82) is 0 Å². The highest BCUT2D eigenvalue weighted by Crippen LogP contribution is 2.11. The summed E-state index contributed by atoms with van der Waals surface area (Å²) in [6.45, 7) is 4.67. The second-order valence-electron chi connectivity index (χ2n) is 6.41. The van der Waals surface area contributed by atoms with E-state index < -0.39 is 0 Å². The first-order valence-corrected chi connectivity index (χ1v) is 8.86. The van der Waals surface area contributed by atoms with Gasteiger partial charge in [-0.1, -0.05) is 55.5 Å². The lowest BCUT2D eigenvalue weighted by Crippen LogP contribution is -2.36. The Labute approximate surface area is 175 Å². The van der Waals surface area contributed by atoms with Gasteiger partial charge in [-0.05, 0) is 42.8 Å². The normalized spacial score (nSPS) is 11.2. The van der Waals surface area contributed by atoms with Gasteiger partial charge in [-0.2, -0.15) is 0 Å². The molecule has 2 aromatic carbocycles. The zero-order valence-electron chi connectivity index (χ0n) is 16.2. The van der Waals surface area contributed by atoms with Crippen molar-refractivity contribution < 1.29 is 0 Å². The average molecular weight is 466 g/mol. The molecule has 0 saturated heterocycles. The Morgan fingerprint density at radius 1 is 0.846 bits per heavy atom. The maximum atomic E-state index is 4.35. The Kier molecular flexibility index (Phi) is 10.3. The minimum atomic E-state index is 0. The molecule has 0 fully saturated rings. The summed E-state index contributed by atoms with van der Waals surface area (Å²) in [6, 6.07) is 17.1. The smallest absolute Gasteiger partial charge is 0.191 e. The highest BCUT2D eigenvalue weighted by molar-refractivity contribution is 14.0. The number of hydrogen-bond acceptors (Lipinski definition) is 2. The van der Waals surface area contributed by atoms with E-state index in [4.69, 9.17) is 0 Å². The van der Waals surface area contributed by atoms with Crippen LogP contribution >= 0.6 is 24.0 Å². The standard InChI is InChI=1S/C21H30N4.HI/c1-5-17-10-6-7-11-18(17)14-23-21(22-2)24-15-19-12-8-9-13-20(19)16-25(3)4;/h6-13H,5,14-16H2,1-4H3,(H2,22,23,24);1H. The molecular formula is C21H31IN4. The Bertz CT molecular complexity index is 698. The summed E-state index contributed by atoms with van der Waals surface area (Å²) in [7, 11) is 6.00. The molecule has 2 N–H and O–H groups in total. The number of benzene rings is 2. The van der Waals surface area contributed by atoms with E-state index in [0.29, 0.717) is 0 Å². The van der Waals surface area contributed by atoms with Gasteiger partial charge in [0.15, 0.2) is 5.96 Å². The fourth-order valence-electron chi connectivity index (χ4n) is 2.88. The van der Waals surface area contributed by atoms with Gasteiger partial charge < -0.3 is 15.5 Å². The molecule has 0 saturated carbocycles. The molecule has 4 nitrogen and oxygen atoms in total. The molecule has 0 aromatic heterocycles. The van der Waals surface area contributed by atoms with Crippen LogP contribution in [0.3, 0.4) is 0 Å². The number of rotatable bonds is 7. The highest BCUT2D eigenvalue weighted by Gasteiger charge is 2.05. The molecule has 0 unspecified atom stereocenters. The molecule has 0 atom stereocenters. The number of guanidine groups is 1. The van der Waals surface area contributed by atoms with E-state index in [-0.39, 0.29) is 24.0 Å². The molecule has 0 radical (unpaired) electrons. The van der Waals surface area contributed by atoms with Gasteiger partial charge in [0.05, 0.1) is 0 Å². The maximum absolute atomic E-state index is 4.35. The molecule has 0 bridgehead atoms. The van der Waals surface area contributed by atoms with Crippen molar-refractivity contribution >= 4 is 29.9 Å². The molecule has 0 aliphatic heterocycles. The highest BCUT2D eigenvalue weighted by atomic mass is 127.